The van der Waals surface area contributed by atoms with Gasteiger partial charge in [-0.05, 0) is 42.8 Å². The first kappa shape index (κ1) is 15.3. The maximum atomic E-state index is 13.3. The highest BCUT2D eigenvalue weighted by atomic mass is 35.5. The van der Waals surface area contributed by atoms with Gasteiger partial charge in [0.1, 0.15) is 11.6 Å². The average Bonchev–Trinajstić information content (AvgIpc) is 2.44. The van der Waals surface area contributed by atoms with E-state index in [-0.39, 0.29) is 23.3 Å². The van der Waals surface area contributed by atoms with Crippen LogP contribution in [-0.4, -0.2) is 12.5 Å². The Hall–Kier alpha value is -2.14. The molecule has 0 atom stereocenters. The third-order valence-corrected chi connectivity index (χ3v) is 3.12. The fourth-order valence-electron chi connectivity index (χ4n) is 1.66. The van der Waals surface area contributed by atoms with Crippen molar-refractivity contribution in [3.63, 3.8) is 0 Å². The second-order valence-electron chi connectivity index (χ2n) is 4.49. The second-order valence-corrected chi connectivity index (χ2v) is 4.90. The van der Waals surface area contributed by atoms with Crippen molar-refractivity contribution in [2.45, 2.75) is 6.92 Å². The van der Waals surface area contributed by atoms with Gasteiger partial charge in [0.2, 0.25) is 5.91 Å². The maximum absolute atomic E-state index is 13.3. The van der Waals surface area contributed by atoms with Gasteiger partial charge in [-0.15, -0.1) is 0 Å². The lowest BCUT2D eigenvalue weighted by Gasteiger charge is -2.09. The summed E-state index contributed by atoms with van der Waals surface area (Å²) in [6.45, 7) is 1.60. The first-order valence-corrected chi connectivity index (χ1v) is 6.58. The van der Waals surface area contributed by atoms with Crippen molar-refractivity contribution >= 4 is 28.9 Å². The van der Waals surface area contributed by atoms with Crippen molar-refractivity contribution in [2.75, 3.05) is 17.2 Å². The number of aryl methyl sites for hydroxylation is 1. The molecule has 3 nitrogen and oxygen atoms in total. The van der Waals surface area contributed by atoms with Crippen LogP contribution in [0, 0.1) is 18.6 Å². The lowest BCUT2D eigenvalue weighted by Crippen LogP contribution is -2.21. The van der Waals surface area contributed by atoms with Crippen LogP contribution in [0.3, 0.4) is 0 Å². The van der Waals surface area contributed by atoms with E-state index in [2.05, 4.69) is 10.6 Å². The fraction of sp³-hybridized carbons (Fsp3) is 0.133. The van der Waals surface area contributed by atoms with Crippen LogP contribution >= 0.6 is 11.6 Å². The van der Waals surface area contributed by atoms with Crippen LogP contribution in [-0.2, 0) is 4.79 Å². The van der Waals surface area contributed by atoms with Gasteiger partial charge in [0.25, 0.3) is 0 Å². The summed E-state index contributed by atoms with van der Waals surface area (Å²) >= 11 is 5.63. The summed E-state index contributed by atoms with van der Waals surface area (Å²) in [7, 11) is 0. The van der Waals surface area contributed by atoms with Crippen molar-refractivity contribution in [1.29, 1.82) is 0 Å². The van der Waals surface area contributed by atoms with Gasteiger partial charge in [-0.25, -0.2) is 8.78 Å². The van der Waals surface area contributed by atoms with Crippen LogP contribution in [0.2, 0.25) is 5.02 Å². The highest BCUT2D eigenvalue weighted by Gasteiger charge is 2.06. The summed E-state index contributed by atoms with van der Waals surface area (Å²) in [6.07, 6.45) is 0. The molecule has 0 bridgehead atoms. The molecule has 2 rings (SSSR count). The number of carbonyl (C=O) groups is 1. The van der Waals surface area contributed by atoms with Gasteiger partial charge >= 0.3 is 0 Å². The molecule has 2 aromatic carbocycles. The van der Waals surface area contributed by atoms with E-state index in [4.69, 9.17) is 11.6 Å². The number of anilines is 2. The number of rotatable bonds is 4. The van der Waals surface area contributed by atoms with Gasteiger partial charge in [0, 0.05) is 11.4 Å². The zero-order chi connectivity index (χ0) is 15.4. The van der Waals surface area contributed by atoms with E-state index < -0.39 is 5.82 Å². The van der Waals surface area contributed by atoms with E-state index in [1.54, 1.807) is 19.1 Å². The molecule has 0 saturated heterocycles. The molecule has 21 heavy (non-hydrogen) atoms. The van der Waals surface area contributed by atoms with Crippen LogP contribution in [0.15, 0.2) is 36.4 Å². The Kier molecular flexibility index (Phi) is 4.75. The Morgan fingerprint density at radius 3 is 2.48 bits per heavy atom. The summed E-state index contributed by atoms with van der Waals surface area (Å²) in [5.41, 5.74) is 1.40. The highest BCUT2D eigenvalue weighted by Crippen LogP contribution is 2.19. The summed E-state index contributed by atoms with van der Waals surface area (Å²) < 4.78 is 26.3. The molecule has 2 N–H and O–H groups in total. The molecule has 0 spiro atoms. The SMILES string of the molecule is Cc1ccc(NC(=O)CNc2ccc(F)c(Cl)c2)cc1F. The smallest absolute Gasteiger partial charge is 0.243 e. The van der Waals surface area contributed by atoms with Gasteiger partial charge in [0.05, 0.1) is 11.6 Å². The number of amides is 1. The van der Waals surface area contributed by atoms with Crippen LogP contribution in [0.25, 0.3) is 0 Å². The highest BCUT2D eigenvalue weighted by molar-refractivity contribution is 6.31. The molecule has 6 heteroatoms. The predicted octanol–water partition coefficient (Wildman–Crippen LogP) is 3.98. The molecule has 110 valence electrons. The number of nitrogens with one attached hydrogen (secondary N) is 2. The van der Waals surface area contributed by atoms with Gasteiger partial charge < -0.3 is 10.6 Å². The zero-order valence-corrected chi connectivity index (χ0v) is 12.0. The number of benzene rings is 2. The van der Waals surface area contributed by atoms with Crippen LogP contribution in [0.4, 0.5) is 20.2 Å². The van der Waals surface area contributed by atoms with E-state index in [9.17, 15) is 13.6 Å². The van der Waals surface area contributed by atoms with Crippen molar-refractivity contribution < 1.29 is 13.6 Å². The molecule has 0 heterocycles. The topological polar surface area (TPSA) is 41.1 Å². The molecular weight excluding hydrogens is 298 g/mol. The molecule has 0 radical (unpaired) electrons. The van der Waals surface area contributed by atoms with E-state index in [1.165, 1.54) is 24.3 Å². The first-order valence-electron chi connectivity index (χ1n) is 6.20. The Labute approximate surface area is 125 Å². The Morgan fingerprint density at radius 1 is 1.10 bits per heavy atom. The van der Waals surface area contributed by atoms with E-state index in [1.807, 2.05) is 0 Å². The zero-order valence-electron chi connectivity index (χ0n) is 11.2. The average molecular weight is 311 g/mol. The lowest BCUT2D eigenvalue weighted by atomic mass is 10.2. The second kappa shape index (κ2) is 6.54. The quantitative estimate of drug-likeness (QED) is 0.897. The third kappa shape index (κ3) is 4.16. The van der Waals surface area contributed by atoms with Crippen molar-refractivity contribution in [3.8, 4) is 0 Å². The summed E-state index contributed by atoms with van der Waals surface area (Å²) in [5.74, 6) is -1.26. The monoisotopic (exact) mass is 310 g/mol. The van der Waals surface area contributed by atoms with Gasteiger partial charge in [-0.1, -0.05) is 17.7 Å². The normalized spacial score (nSPS) is 10.3. The number of hydrogen-bond acceptors (Lipinski definition) is 2. The van der Waals surface area contributed by atoms with Crippen LogP contribution in [0.5, 0.6) is 0 Å². The van der Waals surface area contributed by atoms with Crippen molar-refractivity contribution in [3.05, 3.63) is 58.6 Å². The molecule has 0 aromatic heterocycles. The minimum absolute atomic E-state index is 0.0268. The number of hydrogen-bond donors (Lipinski definition) is 2. The maximum Gasteiger partial charge on any atom is 0.243 e. The van der Waals surface area contributed by atoms with E-state index in [0.717, 1.165) is 0 Å². The van der Waals surface area contributed by atoms with Crippen LogP contribution < -0.4 is 10.6 Å². The largest absolute Gasteiger partial charge is 0.376 e. The molecule has 0 aliphatic carbocycles. The summed E-state index contributed by atoms with van der Waals surface area (Å²) in [4.78, 5) is 11.7. The minimum Gasteiger partial charge on any atom is -0.376 e. The minimum atomic E-state index is -0.526. The molecule has 0 fully saturated rings. The molecule has 0 aliphatic rings. The van der Waals surface area contributed by atoms with Crippen molar-refractivity contribution in [2.24, 2.45) is 0 Å². The Bertz CT molecular complexity index is 677. The third-order valence-electron chi connectivity index (χ3n) is 2.83. The van der Waals surface area contributed by atoms with Gasteiger partial charge in [-0.3, -0.25) is 4.79 Å². The van der Waals surface area contributed by atoms with Crippen LogP contribution in [0.1, 0.15) is 5.56 Å². The first-order chi connectivity index (χ1) is 9.95. The molecule has 2 aromatic rings. The summed E-state index contributed by atoms with van der Waals surface area (Å²) in [6, 6.07) is 8.51. The number of carbonyl (C=O) groups excluding carboxylic acids is 1. The van der Waals surface area contributed by atoms with E-state index in [0.29, 0.717) is 16.9 Å². The van der Waals surface area contributed by atoms with Gasteiger partial charge in [0.15, 0.2) is 0 Å². The Balaban J connectivity index is 1.92. The Morgan fingerprint density at radius 2 is 1.81 bits per heavy atom. The number of halogens is 3. The molecule has 0 saturated carbocycles. The van der Waals surface area contributed by atoms with Gasteiger partial charge in [-0.2, -0.15) is 0 Å². The standard InChI is InChI=1S/C15H13ClF2N2O/c1-9-2-3-11(7-14(9)18)20-15(21)8-19-10-4-5-13(17)12(16)6-10/h2-7,19H,8H2,1H3,(H,20,21). The molecule has 0 unspecified atom stereocenters. The molecular formula is C15H13ClF2N2O. The summed E-state index contributed by atoms with van der Waals surface area (Å²) in [5, 5.41) is 5.33. The fourth-order valence-corrected chi connectivity index (χ4v) is 1.84. The predicted molar refractivity (Wildman–Crippen MR) is 79.7 cm³/mol. The van der Waals surface area contributed by atoms with Crippen molar-refractivity contribution in [1.82, 2.24) is 0 Å². The molecule has 0 aliphatic heterocycles. The lowest BCUT2D eigenvalue weighted by molar-refractivity contribution is -0.114. The van der Waals surface area contributed by atoms with E-state index >= 15 is 0 Å². The molecule has 1 amide bonds.